The Kier molecular flexibility index (Phi) is 4.47. The van der Waals surface area contributed by atoms with Crippen LogP contribution in [0.1, 0.15) is 20.8 Å². The van der Waals surface area contributed by atoms with E-state index in [1.807, 2.05) is 13.0 Å². The van der Waals surface area contributed by atoms with Crippen LogP contribution in [0.25, 0.3) is 0 Å². The minimum atomic E-state index is -0.103. The van der Waals surface area contributed by atoms with Gasteiger partial charge in [-0.05, 0) is 26.8 Å². The topological polar surface area (TPSA) is 60.1 Å². The largest absolute Gasteiger partial charge is 0.355 e. The number of hydrogen-bond acceptors (Lipinski definition) is 5. The summed E-state index contributed by atoms with van der Waals surface area (Å²) in [6.07, 6.45) is 2.09. The number of alkyl halides is 1. The van der Waals surface area contributed by atoms with E-state index in [2.05, 4.69) is 40.9 Å². The van der Waals surface area contributed by atoms with E-state index in [1.54, 1.807) is 0 Å². The lowest BCUT2D eigenvalue weighted by Gasteiger charge is -2.28. The molecule has 6 heteroatoms. The first kappa shape index (κ1) is 11.6. The van der Waals surface area contributed by atoms with E-state index in [1.165, 1.54) is 0 Å². The Hall–Kier alpha value is -0.490. The second-order valence-electron chi connectivity index (χ2n) is 3.53. The number of hydrazine groups is 2. The molecule has 0 radical (unpaired) electrons. The number of halogens is 1. The minimum Gasteiger partial charge on any atom is -0.355 e. The van der Waals surface area contributed by atoms with Crippen LogP contribution < -0.4 is 27.0 Å². The fourth-order valence-corrected chi connectivity index (χ4v) is 1.30. The Balaban J connectivity index is 2.46. The smallest absolute Gasteiger partial charge is 0.114 e. The van der Waals surface area contributed by atoms with E-state index < -0.39 is 0 Å². The molecule has 2 unspecified atom stereocenters. The zero-order chi connectivity index (χ0) is 10.6. The Morgan fingerprint density at radius 2 is 2.14 bits per heavy atom. The number of rotatable bonds is 4. The highest BCUT2D eigenvalue weighted by molar-refractivity contribution is 6.20. The molecule has 0 aromatic rings. The van der Waals surface area contributed by atoms with Crippen molar-refractivity contribution in [1.29, 1.82) is 0 Å². The maximum atomic E-state index is 5.80. The molecule has 0 saturated carbocycles. The molecule has 1 aliphatic heterocycles. The molecular formula is C8H18ClN5. The van der Waals surface area contributed by atoms with Crippen molar-refractivity contribution in [3.8, 4) is 0 Å². The van der Waals surface area contributed by atoms with Gasteiger partial charge < -0.3 is 5.32 Å². The highest BCUT2D eigenvalue weighted by Gasteiger charge is 2.12. The SMILES string of the molecule is CC(C)NC1C=C(NC(C)Cl)NNN1. The van der Waals surface area contributed by atoms with Gasteiger partial charge in [0.2, 0.25) is 0 Å². The monoisotopic (exact) mass is 219 g/mol. The normalized spacial score (nSPS) is 24.1. The third-order valence-electron chi connectivity index (χ3n) is 1.63. The summed E-state index contributed by atoms with van der Waals surface area (Å²) in [6.45, 7) is 6.06. The van der Waals surface area contributed by atoms with Crippen molar-refractivity contribution in [3.05, 3.63) is 11.9 Å². The summed E-state index contributed by atoms with van der Waals surface area (Å²) in [5.74, 6) is 0.865. The van der Waals surface area contributed by atoms with Crippen molar-refractivity contribution in [2.75, 3.05) is 0 Å². The molecule has 0 spiro atoms. The molecule has 2 atom stereocenters. The highest BCUT2D eigenvalue weighted by atomic mass is 35.5. The Morgan fingerprint density at radius 1 is 1.43 bits per heavy atom. The lowest BCUT2D eigenvalue weighted by molar-refractivity contribution is 0.334. The highest BCUT2D eigenvalue weighted by Crippen LogP contribution is 1.96. The predicted molar refractivity (Wildman–Crippen MR) is 58.0 cm³/mol. The van der Waals surface area contributed by atoms with Crippen LogP contribution in [0.5, 0.6) is 0 Å². The van der Waals surface area contributed by atoms with Crippen molar-refractivity contribution in [1.82, 2.24) is 27.0 Å². The van der Waals surface area contributed by atoms with Crippen molar-refractivity contribution < 1.29 is 0 Å². The second-order valence-corrected chi connectivity index (χ2v) is 4.19. The molecule has 1 rings (SSSR count). The average Bonchev–Trinajstić information content (AvgIpc) is 2.01. The molecule has 0 fully saturated rings. The Bertz CT molecular complexity index is 204. The van der Waals surface area contributed by atoms with Gasteiger partial charge in [0, 0.05) is 6.04 Å². The molecule has 5 N–H and O–H groups in total. The number of nitrogens with one attached hydrogen (secondary N) is 5. The first-order valence-electron chi connectivity index (χ1n) is 4.73. The molecule has 0 aromatic heterocycles. The summed E-state index contributed by atoms with van der Waals surface area (Å²) in [5.41, 5.74) is 8.68. The van der Waals surface area contributed by atoms with Crippen LogP contribution in [0.15, 0.2) is 11.9 Å². The van der Waals surface area contributed by atoms with E-state index in [0.717, 1.165) is 5.82 Å². The first-order valence-corrected chi connectivity index (χ1v) is 5.16. The van der Waals surface area contributed by atoms with Crippen LogP contribution in [0.4, 0.5) is 0 Å². The fourth-order valence-electron chi connectivity index (χ4n) is 1.18. The Labute approximate surface area is 89.6 Å². The summed E-state index contributed by atoms with van der Waals surface area (Å²) >= 11 is 5.80. The quantitative estimate of drug-likeness (QED) is 0.339. The summed E-state index contributed by atoms with van der Waals surface area (Å²) < 4.78 is 0. The summed E-state index contributed by atoms with van der Waals surface area (Å²) in [5, 5.41) is 6.37. The third kappa shape index (κ3) is 4.15. The van der Waals surface area contributed by atoms with E-state index in [0.29, 0.717) is 6.04 Å². The molecule has 82 valence electrons. The van der Waals surface area contributed by atoms with Crippen molar-refractivity contribution >= 4 is 11.6 Å². The van der Waals surface area contributed by atoms with Crippen molar-refractivity contribution in [2.45, 2.75) is 38.5 Å². The molecular weight excluding hydrogens is 202 g/mol. The maximum Gasteiger partial charge on any atom is 0.114 e. The summed E-state index contributed by atoms with van der Waals surface area (Å²) in [4.78, 5) is 0. The van der Waals surface area contributed by atoms with Crippen LogP contribution in [0.3, 0.4) is 0 Å². The van der Waals surface area contributed by atoms with Gasteiger partial charge in [-0.3, -0.25) is 10.7 Å². The first-order chi connectivity index (χ1) is 6.58. The summed E-state index contributed by atoms with van der Waals surface area (Å²) in [7, 11) is 0. The molecule has 5 nitrogen and oxygen atoms in total. The zero-order valence-electron chi connectivity index (χ0n) is 8.69. The average molecular weight is 220 g/mol. The molecule has 0 aromatic carbocycles. The minimum absolute atomic E-state index is 0.0918. The third-order valence-corrected chi connectivity index (χ3v) is 1.73. The molecule has 0 bridgehead atoms. The lowest BCUT2D eigenvalue weighted by atomic mass is 10.3. The standard InChI is InChI=1S/C8H18ClN5/c1-5(2)10-7-4-8(11-6(3)9)13-14-12-7/h4-7,10-14H,1-3H3. The van der Waals surface area contributed by atoms with Gasteiger partial charge in [-0.15, -0.1) is 0 Å². The number of hydrogen-bond donors (Lipinski definition) is 5. The van der Waals surface area contributed by atoms with E-state index in [4.69, 9.17) is 11.6 Å². The lowest BCUT2D eigenvalue weighted by Crippen LogP contribution is -2.60. The van der Waals surface area contributed by atoms with Gasteiger partial charge in [-0.1, -0.05) is 11.6 Å². The Morgan fingerprint density at radius 3 is 2.71 bits per heavy atom. The maximum absolute atomic E-state index is 5.80. The summed E-state index contributed by atoms with van der Waals surface area (Å²) in [6, 6.07) is 0.415. The van der Waals surface area contributed by atoms with Crippen LogP contribution in [0, 0.1) is 0 Å². The van der Waals surface area contributed by atoms with Gasteiger partial charge in [-0.2, -0.15) is 5.53 Å². The van der Waals surface area contributed by atoms with Gasteiger partial charge in [0.25, 0.3) is 0 Å². The van der Waals surface area contributed by atoms with Crippen LogP contribution in [-0.4, -0.2) is 17.7 Å². The van der Waals surface area contributed by atoms with Crippen LogP contribution >= 0.6 is 11.6 Å². The van der Waals surface area contributed by atoms with Crippen molar-refractivity contribution in [2.24, 2.45) is 0 Å². The molecule has 1 aliphatic rings. The van der Waals surface area contributed by atoms with Gasteiger partial charge in [0.1, 0.15) is 5.82 Å². The zero-order valence-corrected chi connectivity index (χ0v) is 9.44. The molecule has 0 amide bonds. The molecule has 1 heterocycles. The molecule has 0 saturated heterocycles. The van der Waals surface area contributed by atoms with E-state index >= 15 is 0 Å². The second kappa shape index (κ2) is 5.41. The predicted octanol–water partition coefficient (Wildman–Crippen LogP) is -0.0613. The van der Waals surface area contributed by atoms with Crippen molar-refractivity contribution in [3.63, 3.8) is 0 Å². The van der Waals surface area contributed by atoms with E-state index in [9.17, 15) is 0 Å². The van der Waals surface area contributed by atoms with Gasteiger partial charge >= 0.3 is 0 Å². The van der Waals surface area contributed by atoms with Gasteiger partial charge in [-0.25, -0.2) is 5.43 Å². The van der Waals surface area contributed by atoms with Crippen LogP contribution in [-0.2, 0) is 0 Å². The fraction of sp³-hybridized carbons (Fsp3) is 0.750. The molecule has 14 heavy (non-hydrogen) atoms. The van der Waals surface area contributed by atoms with E-state index in [-0.39, 0.29) is 11.7 Å². The van der Waals surface area contributed by atoms with Crippen LogP contribution in [0.2, 0.25) is 0 Å². The van der Waals surface area contributed by atoms with Gasteiger partial charge in [0.05, 0.1) is 11.7 Å². The molecule has 0 aliphatic carbocycles. The van der Waals surface area contributed by atoms with Gasteiger partial charge in [0.15, 0.2) is 0 Å².